The molecule has 0 heterocycles. The van der Waals surface area contributed by atoms with Gasteiger partial charge in [0, 0.05) is 13.0 Å². The van der Waals surface area contributed by atoms with Crippen LogP contribution in [0.15, 0.2) is 0 Å². The van der Waals surface area contributed by atoms with E-state index < -0.39 is 0 Å². The van der Waals surface area contributed by atoms with E-state index in [1.807, 2.05) is 0 Å². The highest BCUT2D eigenvalue weighted by Gasteiger charge is 2.01. The quantitative estimate of drug-likeness (QED) is 0.482. The van der Waals surface area contributed by atoms with Gasteiger partial charge < -0.3 is 5.32 Å². The van der Waals surface area contributed by atoms with Gasteiger partial charge in [-0.1, -0.05) is 13.8 Å². The van der Waals surface area contributed by atoms with E-state index in [9.17, 15) is 4.79 Å². The van der Waals surface area contributed by atoms with Gasteiger partial charge in [-0.25, -0.2) is 0 Å². The van der Waals surface area contributed by atoms with Crippen LogP contribution in [-0.4, -0.2) is 18.2 Å². The van der Waals surface area contributed by atoms with Gasteiger partial charge in [-0.3, -0.25) is 4.79 Å². The molecule has 0 spiro atoms. The Hall–Kier alpha value is -0.180. The van der Waals surface area contributed by atoms with E-state index in [-0.39, 0.29) is 5.91 Å². The van der Waals surface area contributed by atoms with Crippen LogP contribution in [0.2, 0.25) is 0 Å². The minimum atomic E-state index is 0.188. The number of carbonyl (C=O) groups is 1. The van der Waals surface area contributed by atoms with E-state index >= 15 is 0 Å². The molecule has 3 heteroatoms. The molecule has 1 amide bonds. The summed E-state index contributed by atoms with van der Waals surface area (Å²) >= 11 is 4.10. The van der Waals surface area contributed by atoms with Gasteiger partial charge in [-0.15, -0.1) is 0 Å². The van der Waals surface area contributed by atoms with Crippen molar-refractivity contribution in [1.82, 2.24) is 5.32 Å². The Labute approximate surface area is 86.9 Å². The first kappa shape index (κ1) is 12.8. The van der Waals surface area contributed by atoms with Crippen molar-refractivity contribution in [2.75, 3.05) is 12.3 Å². The van der Waals surface area contributed by atoms with Crippen LogP contribution in [0.3, 0.4) is 0 Å². The predicted octanol–water partition coefficient (Wildman–Crippen LogP) is 2.25. The Balaban J connectivity index is 3.20. The highest BCUT2D eigenvalue weighted by molar-refractivity contribution is 7.80. The topological polar surface area (TPSA) is 29.1 Å². The van der Waals surface area contributed by atoms with Crippen LogP contribution in [0.25, 0.3) is 0 Å². The van der Waals surface area contributed by atoms with Crippen molar-refractivity contribution >= 4 is 18.5 Å². The molecule has 0 aliphatic rings. The largest absolute Gasteiger partial charge is 0.356 e. The third-order valence-corrected chi connectivity index (χ3v) is 2.17. The normalized spacial score (nSPS) is 10.5. The Morgan fingerprint density at radius 2 is 2.08 bits per heavy atom. The van der Waals surface area contributed by atoms with E-state index in [2.05, 4.69) is 31.8 Å². The molecule has 0 aromatic rings. The zero-order chi connectivity index (χ0) is 10.1. The summed E-state index contributed by atoms with van der Waals surface area (Å²) in [5.74, 6) is 1.71. The number of hydrogen-bond donors (Lipinski definition) is 2. The number of rotatable bonds is 7. The molecule has 0 saturated carbocycles. The number of hydrogen-bond acceptors (Lipinski definition) is 2. The maximum Gasteiger partial charge on any atom is 0.220 e. The third-order valence-electron chi connectivity index (χ3n) is 1.86. The molecule has 0 atom stereocenters. The van der Waals surface area contributed by atoms with E-state index in [0.29, 0.717) is 12.3 Å². The molecule has 78 valence electrons. The Bertz CT molecular complexity index is 137. The predicted molar refractivity (Wildman–Crippen MR) is 60.2 cm³/mol. The summed E-state index contributed by atoms with van der Waals surface area (Å²) in [7, 11) is 0. The van der Waals surface area contributed by atoms with Crippen LogP contribution in [0.1, 0.15) is 39.5 Å². The van der Waals surface area contributed by atoms with Gasteiger partial charge in [0.25, 0.3) is 0 Å². The third kappa shape index (κ3) is 9.74. The van der Waals surface area contributed by atoms with E-state index in [1.54, 1.807) is 0 Å². The van der Waals surface area contributed by atoms with E-state index in [4.69, 9.17) is 0 Å². The van der Waals surface area contributed by atoms with Crippen LogP contribution >= 0.6 is 12.6 Å². The van der Waals surface area contributed by atoms with E-state index in [0.717, 1.165) is 31.6 Å². The summed E-state index contributed by atoms with van der Waals surface area (Å²) in [4.78, 5) is 11.2. The molecule has 2 nitrogen and oxygen atoms in total. The molecule has 0 aromatic heterocycles. The van der Waals surface area contributed by atoms with Crippen LogP contribution < -0.4 is 5.32 Å². The fourth-order valence-electron chi connectivity index (χ4n) is 0.973. The molecule has 0 radical (unpaired) electrons. The molecule has 0 aliphatic heterocycles. The van der Waals surface area contributed by atoms with Gasteiger partial charge in [0.15, 0.2) is 0 Å². The minimum absolute atomic E-state index is 0.188. The number of nitrogens with one attached hydrogen (secondary N) is 1. The first-order chi connectivity index (χ1) is 6.16. The smallest absolute Gasteiger partial charge is 0.220 e. The Morgan fingerprint density at radius 3 is 2.62 bits per heavy atom. The van der Waals surface area contributed by atoms with Gasteiger partial charge >= 0.3 is 0 Å². The highest BCUT2D eigenvalue weighted by Crippen LogP contribution is 2.02. The molecule has 0 rings (SSSR count). The number of carbonyl (C=O) groups excluding carboxylic acids is 1. The van der Waals surface area contributed by atoms with Crippen molar-refractivity contribution in [3.63, 3.8) is 0 Å². The summed E-state index contributed by atoms with van der Waals surface area (Å²) in [6, 6.07) is 0. The summed E-state index contributed by atoms with van der Waals surface area (Å²) in [5.41, 5.74) is 0. The average molecular weight is 203 g/mol. The molecule has 0 saturated heterocycles. The maximum atomic E-state index is 11.2. The van der Waals surface area contributed by atoms with Crippen LogP contribution in [0.4, 0.5) is 0 Å². The molecule has 0 aliphatic carbocycles. The summed E-state index contributed by atoms with van der Waals surface area (Å²) in [5, 5.41) is 2.90. The van der Waals surface area contributed by atoms with Gasteiger partial charge in [0.1, 0.15) is 0 Å². The summed E-state index contributed by atoms with van der Waals surface area (Å²) in [6.07, 6.45) is 3.77. The Morgan fingerprint density at radius 1 is 1.38 bits per heavy atom. The molecular formula is C10H21NOS. The standard InChI is InChI=1S/C10H21NOS/c1-9(2)5-6-10(12)11-7-3-4-8-13/h9,13H,3-8H2,1-2H3,(H,11,12). The van der Waals surface area contributed by atoms with Crippen molar-refractivity contribution < 1.29 is 4.79 Å². The van der Waals surface area contributed by atoms with Crippen LogP contribution in [-0.2, 0) is 4.79 Å². The monoisotopic (exact) mass is 203 g/mol. The lowest BCUT2D eigenvalue weighted by molar-refractivity contribution is -0.121. The lowest BCUT2D eigenvalue weighted by atomic mass is 10.1. The molecule has 0 fully saturated rings. The number of amides is 1. The second kappa shape index (κ2) is 8.42. The molecule has 0 unspecified atom stereocenters. The van der Waals surface area contributed by atoms with Crippen molar-refractivity contribution in [3.8, 4) is 0 Å². The molecule has 0 bridgehead atoms. The first-order valence-electron chi connectivity index (χ1n) is 5.04. The van der Waals surface area contributed by atoms with Crippen molar-refractivity contribution in [1.29, 1.82) is 0 Å². The van der Waals surface area contributed by atoms with Crippen molar-refractivity contribution in [2.45, 2.75) is 39.5 Å². The van der Waals surface area contributed by atoms with Crippen molar-refractivity contribution in [2.24, 2.45) is 5.92 Å². The Kier molecular flexibility index (Phi) is 8.30. The molecule has 0 aromatic carbocycles. The minimum Gasteiger partial charge on any atom is -0.356 e. The van der Waals surface area contributed by atoms with Crippen molar-refractivity contribution in [3.05, 3.63) is 0 Å². The molecule has 13 heavy (non-hydrogen) atoms. The number of thiol groups is 1. The maximum absolute atomic E-state index is 11.2. The van der Waals surface area contributed by atoms with Crippen LogP contribution in [0.5, 0.6) is 0 Å². The fourth-order valence-corrected chi connectivity index (χ4v) is 1.20. The number of unbranched alkanes of at least 4 members (excludes halogenated alkanes) is 1. The van der Waals surface area contributed by atoms with Gasteiger partial charge in [-0.05, 0) is 30.9 Å². The lowest BCUT2D eigenvalue weighted by Crippen LogP contribution is -2.24. The average Bonchev–Trinajstić information content (AvgIpc) is 2.09. The van der Waals surface area contributed by atoms with Gasteiger partial charge in [-0.2, -0.15) is 12.6 Å². The zero-order valence-electron chi connectivity index (χ0n) is 8.68. The molecular weight excluding hydrogens is 182 g/mol. The van der Waals surface area contributed by atoms with Gasteiger partial charge in [0.05, 0.1) is 0 Å². The van der Waals surface area contributed by atoms with Gasteiger partial charge in [0.2, 0.25) is 5.91 Å². The zero-order valence-corrected chi connectivity index (χ0v) is 9.57. The second-order valence-corrected chi connectivity index (χ2v) is 4.16. The molecule has 1 N–H and O–H groups in total. The lowest BCUT2D eigenvalue weighted by Gasteiger charge is -2.05. The SMILES string of the molecule is CC(C)CCC(=O)NCCCCS. The van der Waals surface area contributed by atoms with Crippen LogP contribution in [0, 0.1) is 5.92 Å². The summed E-state index contributed by atoms with van der Waals surface area (Å²) < 4.78 is 0. The van der Waals surface area contributed by atoms with E-state index in [1.165, 1.54) is 0 Å². The summed E-state index contributed by atoms with van der Waals surface area (Å²) in [6.45, 7) is 5.07. The second-order valence-electron chi connectivity index (χ2n) is 3.71. The fraction of sp³-hybridized carbons (Fsp3) is 0.900. The first-order valence-corrected chi connectivity index (χ1v) is 5.67. The highest BCUT2D eigenvalue weighted by atomic mass is 32.1.